The van der Waals surface area contributed by atoms with Crippen molar-refractivity contribution in [2.24, 2.45) is 0 Å². The van der Waals surface area contributed by atoms with Gasteiger partial charge in [-0.25, -0.2) is 0 Å². The van der Waals surface area contributed by atoms with E-state index < -0.39 is 0 Å². The number of quaternary nitrogens is 1. The molecule has 1 saturated heterocycles. The van der Waals surface area contributed by atoms with Crippen LogP contribution in [0.2, 0.25) is 0 Å². The summed E-state index contributed by atoms with van der Waals surface area (Å²) in [6.45, 7) is 7.86. The van der Waals surface area contributed by atoms with Gasteiger partial charge in [-0.3, -0.25) is 5.10 Å². The van der Waals surface area contributed by atoms with Crippen LogP contribution in [0, 0.1) is 0 Å². The van der Waals surface area contributed by atoms with E-state index in [-0.39, 0.29) is 0 Å². The number of aromatic nitrogens is 2. The number of rotatable bonds is 7. The molecule has 0 aliphatic carbocycles. The van der Waals surface area contributed by atoms with E-state index in [1.54, 1.807) is 0 Å². The quantitative estimate of drug-likeness (QED) is 0.759. The molecule has 1 fully saturated rings. The SMILES string of the molecule is CCCC[N+]1(CCCc2[nH]nc3ccccc23)CCCCC1. The molecule has 1 N–H and O–H groups in total. The number of hydrogen-bond donors (Lipinski definition) is 1. The molecular weight excluding hydrogens is 270 g/mol. The lowest BCUT2D eigenvalue weighted by Gasteiger charge is -2.42. The van der Waals surface area contributed by atoms with Crippen molar-refractivity contribution in [2.45, 2.75) is 51.9 Å². The maximum absolute atomic E-state index is 4.42. The second kappa shape index (κ2) is 7.28. The van der Waals surface area contributed by atoms with Crippen LogP contribution in [0.3, 0.4) is 0 Å². The van der Waals surface area contributed by atoms with Crippen molar-refractivity contribution in [1.29, 1.82) is 0 Å². The lowest BCUT2D eigenvalue weighted by atomic mass is 10.0. The zero-order valence-electron chi connectivity index (χ0n) is 14.0. The number of aryl methyl sites for hydroxylation is 1. The van der Waals surface area contributed by atoms with Crippen molar-refractivity contribution >= 4 is 10.9 Å². The van der Waals surface area contributed by atoms with Gasteiger partial charge >= 0.3 is 0 Å². The molecule has 3 nitrogen and oxygen atoms in total. The maximum Gasteiger partial charge on any atom is 0.0923 e. The van der Waals surface area contributed by atoms with Gasteiger partial charge in [0.15, 0.2) is 0 Å². The van der Waals surface area contributed by atoms with Gasteiger partial charge in [-0.2, -0.15) is 5.10 Å². The number of benzene rings is 1. The van der Waals surface area contributed by atoms with E-state index in [1.807, 2.05) is 0 Å². The number of fused-ring (bicyclic) bond motifs is 1. The first-order chi connectivity index (χ1) is 10.8. The van der Waals surface area contributed by atoms with Crippen LogP contribution in [-0.4, -0.2) is 40.9 Å². The molecule has 0 saturated carbocycles. The lowest BCUT2D eigenvalue weighted by Crippen LogP contribution is -2.52. The molecule has 1 aliphatic heterocycles. The molecule has 1 aliphatic rings. The normalized spacial score (nSPS) is 17.9. The largest absolute Gasteiger partial charge is 0.324 e. The highest BCUT2D eigenvalue weighted by Crippen LogP contribution is 2.22. The molecule has 0 unspecified atom stereocenters. The van der Waals surface area contributed by atoms with E-state index in [4.69, 9.17) is 0 Å². The fourth-order valence-corrected chi connectivity index (χ4v) is 4.03. The summed E-state index contributed by atoms with van der Waals surface area (Å²) in [5, 5.41) is 8.98. The van der Waals surface area contributed by atoms with E-state index in [2.05, 4.69) is 41.4 Å². The smallest absolute Gasteiger partial charge is 0.0923 e. The predicted octanol–water partition coefficient (Wildman–Crippen LogP) is 4.30. The summed E-state index contributed by atoms with van der Waals surface area (Å²) in [5.74, 6) is 0. The molecule has 0 spiro atoms. The number of para-hydroxylation sites is 1. The Bertz CT molecular complexity index is 581. The number of likely N-dealkylation sites (tertiary alicyclic amines) is 1. The van der Waals surface area contributed by atoms with Crippen LogP contribution in [0.4, 0.5) is 0 Å². The molecule has 2 aromatic rings. The van der Waals surface area contributed by atoms with Gasteiger partial charge in [0.25, 0.3) is 0 Å². The highest BCUT2D eigenvalue weighted by Gasteiger charge is 2.28. The minimum Gasteiger partial charge on any atom is -0.324 e. The third kappa shape index (κ3) is 3.52. The summed E-state index contributed by atoms with van der Waals surface area (Å²) in [7, 11) is 0. The van der Waals surface area contributed by atoms with Crippen molar-refractivity contribution in [3.05, 3.63) is 30.0 Å². The van der Waals surface area contributed by atoms with Gasteiger partial charge in [0.05, 0.1) is 31.7 Å². The van der Waals surface area contributed by atoms with Gasteiger partial charge in [0.1, 0.15) is 0 Å². The van der Waals surface area contributed by atoms with Crippen molar-refractivity contribution in [1.82, 2.24) is 10.2 Å². The van der Waals surface area contributed by atoms with Crippen molar-refractivity contribution in [2.75, 3.05) is 26.2 Å². The molecule has 0 atom stereocenters. The Balaban J connectivity index is 1.60. The first-order valence-corrected chi connectivity index (χ1v) is 9.10. The van der Waals surface area contributed by atoms with E-state index in [0.29, 0.717) is 0 Å². The second-order valence-electron chi connectivity index (χ2n) is 6.97. The predicted molar refractivity (Wildman–Crippen MR) is 92.9 cm³/mol. The molecule has 1 aromatic heterocycles. The monoisotopic (exact) mass is 300 g/mol. The maximum atomic E-state index is 4.42. The van der Waals surface area contributed by atoms with Crippen molar-refractivity contribution in [3.8, 4) is 0 Å². The fourth-order valence-electron chi connectivity index (χ4n) is 4.03. The number of piperidine rings is 1. The Hall–Kier alpha value is -1.35. The van der Waals surface area contributed by atoms with Crippen molar-refractivity contribution < 1.29 is 4.48 Å². The van der Waals surface area contributed by atoms with Crippen LogP contribution in [-0.2, 0) is 6.42 Å². The van der Waals surface area contributed by atoms with Crippen LogP contribution in [0.1, 0.15) is 51.1 Å². The average Bonchev–Trinajstić information content (AvgIpc) is 2.97. The van der Waals surface area contributed by atoms with Crippen LogP contribution in [0.15, 0.2) is 24.3 Å². The molecule has 0 amide bonds. The van der Waals surface area contributed by atoms with E-state index in [1.165, 1.54) is 80.3 Å². The summed E-state index contributed by atoms with van der Waals surface area (Å²) >= 11 is 0. The van der Waals surface area contributed by atoms with Crippen LogP contribution < -0.4 is 0 Å². The number of nitrogens with zero attached hydrogens (tertiary/aromatic N) is 2. The summed E-state index contributed by atoms with van der Waals surface area (Å²) < 4.78 is 1.37. The van der Waals surface area contributed by atoms with Gasteiger partial charge < -0.3 is 4.48 Å². The highest BCUT2D eigenvalue weighted by molar-refractivity contribution is 5.81. The average molecular weight is 300 g/mol. The molecule has 3 rings (SSSR count). The van der Waals surface area contributed by atoms with Crippen LogP contribution >= 0.6 is 0 Å². The van der Waals surface area contributed by atoms with Gasteiger partial charge in [-0.15, -0.1) is 0 Å². The summed E-state index contributed by atoms with van der Waals surface area (Å²) in [4.78, 5) is 0. The Morgan fingerprint density at radius 2 is 1.82 bits per heavy atom. The van der Waals surface area contributed by atoms with Gasteiger partial charge in [0, 0.05) is 17.5 Å². The second-order valence-corrected chi connectivity index (χ2v) is 6.97. The van der Waals surface area contributed by atoms with Crippen LogP contribution in [0.25, 0.3) is 10.9 Å². The minimum atomic E-state index is 1.10. The first kappa shape index (κ1) is 15.5. The van der Waals surface area contributed by atoms with Gasteiger partial charge in [-0.05, 0) is 38.2 Å². The molecule has 0 bridgehead atoms. The zero-order valence-corrected chi connectivity index (χ0v) is 14.0. The van der Waals surface area contributed by atoms with E-state index in [9.17, 15) is 0 Å². The minimum absolute atomic E-state index is 1.10. The van der Waals surface area contributed by atoms with Gasteiger partial charge in [0.2, 0.25) is 0 Å². The van der Waals surface area contributed by atoms with Crippen molar-refractivity contribution in [3.63, 3.8) is 0 Å². The Morgan fingerprint density at radius 3 is 2.64 bits per heavy atom. The molecule has 2 heterocycles. The summed E-state index contributed by atoms with van der Waals surface area (Å²) in [5.41, 5.74) is 2.42. The van der Waals surface area contributed by atoms with E-state index in [0.717, 1.165) is 11.9 Å². The number of hydrogen-bond acceptors (Lipinski definition) is 1. The Morgan fingerprint density at radius 1 is 1.05 bits per heavy atom. The van der Waals surface area contributed by atoms with Crippen LogP contribution in [0.5, 0.6) is 0 Å². The number of aromatic amines is 1. The molecule has 0 radical (unpaired) electrons. The Kier molecular flexibility index (Phi) is 5.14. The van der Waals surface area contributed by atoms with Gasteiger partial charge in [-0.1, -0.05) is 31.5 Å². The molecule has 1 aromatic carbocycles. The summed E-state index contributed by atoms with van der Waals surface area (Å²) in [6, 6.07) is 8.46. The number of H-pyrrole nitrogens is 1. The fraction of sp³-hybridized carbons (Fsp3) is 0.632. The number of nitrogens with one attached hydrogen (secondary N) is 1. The molecular formula is C19H30N3+. The topological polar surface area (TPSA) is 28.7 Å². The third-order valence-electron chi connectivity index (χ3n) is 5.35. The highest BCUT2D eigenvalue weighted by atomic mass is 15.3. The standard InChI is InChI=1S/C19H30N3/c1-2-3-13-22(14-7-4-8-15-22)16-9-12-19-17-10-5-6-11-18(17)20-21-19/h5-6,10-11H,2-4,7-9,12-16H2,1H3,(H,20,21)/q+1. The zero-order chi connectivity index (χ0) is 15.3. The third-order valence-corrected chi connectivity index (χ3v) is 5.35. The summed E-state index contributed by atoms with van der Waals surface area (Å²) in [6.07, 6.45) is 9.41. The molecule has 120 valence electrons. The first-order valence-electron chi connectivity index (χ1n) is 9.10. The number of unbranched alkanes of at least 4 members (excludes halogenated alkanes) is 1. The lowest BCUT2D eigenvalue weighted by molar-refractivity contribution is -0.932. The molecule has 22 heavy (non-hydrogen) atoms. The molecule has 3 heteroatoms. The Labute approximate surface area is 134 Å². The van der Waals surface area contributed by atoms with E-state index >= 15 is 0 Å².